The molecule has 8 heteroatoms. The number of aliphatic hydroxyl groups is 1. The Balaban J connectivity index is 0.00000225. The van der Waals surface area contributed by atoms with Crippen LogP contribution in [0.5, 0.6) is 0 Å². The normalized spacial score (nSPS) is 25.8. The highest BCUT2D eigenvalue weighted by Gasteiger charge is 2.56. The lowest BCUT2D eigenvalue weighted by atomic mass is 9.58. The average Bonchev–Trinajstić information content (AvgIpc) is 3.01. The summed E-state index contributed by atoms with van der Waals surface area (Å²) in [7, 11) is 0. The quantitative estimate of drug-likeness (QED) is 0.781. The van der Waals surface area contributed by atoms with Crippen molar-refractivity contribution in [2.75, 3.05) is 26.2 Å². The number of nitrogens with two attached hydrogens (primary N) is 1. The van der Waals surface area contributed by atoms with E-state index in [-0.39, 0.29) is 41.7 Å². The maximum atomic E-state index is 13.2. The van der Waals surface area contributed by atoms with E-state index in [1.54, 1.807) is 11.8 Å². The summed E-state index contributed by atoms with van der Waals surface area (Å²) in [6, 6.07) is 0. The van der Waals surface area contributed by atoms with Gasteiger partial charge in [0.1, 0.15) is 11.5 Å². The van der Waals surface area contributed by atoms with Crippen molar-refractivity contribution in [3.8, 4) is 0 Å². The number of aryl methyl sites for hydroxylation is 2. The van der Waals surface area contributed by atoms with Crippen LogP contribution in [-0.2, 0) is 11.2 Å². The van der Waals surface area contributed by atoms with E-state index in [1.807, 2.05) is 0 Å². The molecular weight excluding hydrogens is 384 g/mol. The number of furan rings is 1. The van der Waals surface area contributed by atoms with Gasteiger partial charge in [0.2, 0.25) is 0 Å². The first-order valence-electron chi connectivity index (χ1n) is 9.92. The lowest BCUT2D eigenvalue weighted by molar-refractivity contribution is -0.207. The predicted octanol–water partition coefficient (Wildman–Crippen LogP) is 1.86. The minimum Gasteiger partial charge on any atom is -0.465 e. The van der Waals surface area contributed by atoms with Crippen LogP contribution in [-0.4, -0.2) is 60.1 Å². The van der Waals surface area contributed by atoms with Crippen LogP contribution in [0.25, 0.3) is 0 Å². The first kappa shape index (κ1) is 21.3. The number of aliphatic hydroxyl groups excluding tert-OH is 1. The Hall–Kier alpha value is -1.41. The van der Waals surface area contributed by atoms with Gasteiger partial charge in [0.15, 0.2) is 5.78 Å². The molecule has 156 valence electrons. The van der Waals surface area contributed by atoms with Crippen molar-refractivity contribution in [1.29, 1.82) is 0 Å². The molecule has 0 aromatic carbocycles. The lowest BCUT2D eigenvalue weighted by Crippen LogP contribution is -2.63. The van der Waals surface area contributed by atoms with Gasteiger partial charge in [-0.1, -0.05) is 0 Å². The fourth-order valence-electron chi connectivity index (χ4n) is 4.98. The standard InChI is InChI=1S/C20H28N2O5.ClH/c1-12-17(18-13(23)3-2-4-14(18)27-12)19(25)22-8-5-20(6-9-22)15(24)11-16(20)26-10-7-21;/h15-16,24H,2-11,21H2,1H3;1H/t15-,16+;/m1./s1. The van der Waals surface area contributed by atoms with Gasteiger partial charge in [-0.3, -0.25) is 9.59 Å². The highest BCUT2D eigenvalue weighted by Crippen LogP contribution is 2.51. The third-order valence-corrected chi connectivity index (χ3v) is 6.62. The van der Waals surface area contributed by atoms with Crippen molar-refractivity contribution < 1.29 is 23.8 Å². The topological polar surface area (TPSA) is 106 Å². The van der Waals surface area contributed by atoms with E-state index in [0.717, 1.165) is 6.42 Å². The average molecular weight is 413 g/mol. The fraction of sp³-hybridized carbons (Fsp3) is 0.700. The summed E-state index contributed by atoms with van der Waals surface area (Å²) in [6.07, 6.45) is 3.62. The first-order valence-corrected chi connectivity index (χ1v) is 9.92. The van der Waals surface area contributed by atoms with Gasteiger partial charge in [-0.05, 0) is 26.2 Å². The maximum absolute atomic E-state index is 13.2. The zero-order valence-electron chi connectivity index (χ0n) is 16.2. The second-order valence-corrected chi connectivity index (χ2v) is 8.03. The Morgan fingerprint density at radius 2 is 2.07 bits per heavy atom. The Morgan fingerprint density at radius 1 is 1.36 bits per heavy atom. The zero-order chi connectivity index (χ0) is 19.2. The number of ketones is 1. The smallest absolute Gasteiger partial charge is 0.258 e. The SMILES string of the molecule is Cc1oc2c(c1C(=O)N1CCC3(CC1)[C@H](O)C[C@@H]3OCCN)C(=O)CCC2.Cl. The summed E-state index contributed by atoms with van der Waals surface area (Å²) >= 11 is 0. The highest BCUT2D eigenvalue weighted by molar-refractivity contribution is 6.10. The van der Waals surface area contributed by atoms with Gasteiger partial charge in [-0.15, -0.1) is 12.4 Å². The van der Waals surface area contributed by atoms with E-state index in [9.17, 15) is 14.7 Å². The lowest BCUT2D eigenvalue weighted by Gasteiger charge is -2.56. The monoisotopic (exact) mass is 412 g/mol. The zero-order valence-corrected chi connectivity index (χ0v) is 17.1. The van der Waals surface area contributed by atoms with Crippen molar-refractivity contribution >= 4 is 24.1 Å². The Kier molecular flexibility index (Phi) is 6.20. The molecule has 2 heterocycles. The molecule has 0 unspecified atom stereocenters. The number of rotatable bonds is 4. The van der Waals surface area contributed by atoms with Crippen LogP contribution in [0.2, 0.25) is 0 Å². The molecule has 0 bridgehead atoms. The van der Waals surface area contributed by atoms with Gasteiger partial charge in [0.05, 0.1) is 29.9 Å². The molecule has 1 spiro atoms. The van der Waals surface area contributed by atoms with E-state index >= 15 is 0 Å². The molecule has 3 N–H and O–H groups in total. The molecule has 4 rings (SSSR count). The Labute approximate surface area is 171 Å². The molecule has 0 radical (unpaired) electrons. The minimum absolute atomic E-state index is 0. The molecule has 28 heavy (non-hydrogen) atoms. The number of piperidine rings is 1. The second-order valence-electron chi connectivity index (χ2n) is 8.03. The van der Waals surface area contributed by atoms with Gasteiger partial charge in [-0.2, -0.15) is 0 Å². The van der Waals surface area contributed by atoms with Crippen LogP contribution in [0.3, 0.4) is 0 Å². The number of Topliss-reactive ketones (excluding diaryl/α,β-unsaturated/α-hetero) is 1. The number of carbonyl (C=O) groups excluding carboxylic acids is 2. The van der Waals surface area contributed by atoms with Gasteiger partial charge < -0.3 is 24.9 Å². The number of likely N-dealkylation sites (tertiary alicyclic amines) is 1. The van der Waals surface area contributed by atoms with Gasteiger partial charge >= 0.3 is 0 Å². The number of carbonyl (C=O) groups is 2. The van der Waals surface area contributed by atoms with E-state index < -0.39 is 0 Å². The van der Waals surface area contributed by atoms with E-state index in [1.165, 1.54) is 0 Å². The minimum atomic E-state index is -0.387. The highest BCUT2D eigenvalue weighted by atomic mass is 35.5. The second kappa shape index (κ2) is 8.14. The first-order chi connectivity index (χ1) is 13.0. The summed E-state index contributed by atoms with van der Waals surface area (Å²) in [5, 5.41) is 10.4. The van der Waals surface area contributed by atoms with Crippen LogP contribution in [0.4, 0.5) is 0 Å². The third kappa shape index (κ3) is 3.28. The molecular formula is C20H29ClN2O5. The molecule has 1 aromatic heterocycles. The van der Waals surface area contributed by atoms with Crippen LogP contribution in [0.1, 0.15) is 64.3 Å². The number of ether oxygens (including phenoxy) is 1. The van der Waals surface area contributed by atoms with Gasteiger partial charge in [0, 0.05) is 44.3 Å². The number of nitrogens with zero attached hydrogens (tertiary/aromatic N) is 1. The van der Waals surface area contributed by atoms with E-state index in [4.69, 9.17) is 14.9 Å². The number of fused-ring (bicyclic) bond motifs is 1. The summed E-state index contributed by atoms with van der Waals surface area (Å²) in [4.78, 5) is 27.3. The van der Waals surface area contributed by atoms with Crippen molar-refractivity contribution in [2.45, 2.75) is 57.7 Å². The maximum Gasteiger partial charge on any atom is 0.258 e. The fourth-order valence-corrected chi connectivity index (χ4v) is 4.98. The molecule has 3 aliphatic rings. The molecule has 1 saturated carbocycles. The molecule has 1 aromatic rings. The van der Waals surface area contributed by atoms with Crippen LogP contribution in [0.15, 0.2) is 4.42 Å². The largest absolute Gasteiger partial charge is 0.465 e. The molecule has 1 aliphatic heterocycles. The van der Waals surface area contributed by atoms with Crippen LogP contribution < -0.4 is 5.73 Å². The van der Waals surface area contributed by atoms with Crippen molar-refractivity contribution in [3.63, 3.8) is 0 Å². The van der Waals surface area contributed by atoms with Crippen LogP contribution >= 0.6 is 12.4 Å². The predicted molar refractivity (Wildman–Crippen MR) is 105 cm³/mol. The number of halogens is 1. The number of hydrogen-bond donors (Lipinski definition) is 2. The molecule has 2 aliphatic carbocycles. The molecule has 1 amide bonds. The molecule has 1 saturated heterocycles. The third-order valence-electron chi connectivity index (χ3n) is 6.62. The van der Waals surface area contributed by atoms with Crippen LogP contribution in [0, 0.1) is 12.3 Å². The molecule has 2 atom stereocenters. The van der Waals surface area contributed by atoms with Gasteiger partial charge in [-0.25, -0.2) is 0 Å². The van der Waals surface area contributed by atoms with Crippen molar-refractivity contribution in [1.82, 2.24) is 4.90 Å². The summed E-state index contributed by atoms with van der Waals surface area (Å²) < 4.78 is 11.5. The number of amides is 1. The molecule has 2 fully saturated rings. The Bertz CT molecular complexity index is 754. The Morgan fingerprint density at radius 3 is 2.71 bits per heavy atom. The van der Waals surface area contributed by atoms with E-state index in [2.05, 4.69) is 0 Å². The van der Waals surface area contributed by atoms with Crippen molar-refractivity contribution in [2.24, 2.45) is 11.1 Å². The van der Waals surface area contributed by atoms with Crippen molar-refractivity contribution in [3.05, 3.63) is 22.6 Å². The molecule has 7 nitrogen and oxygen atoms in total. The summed E-state index contributed by atoms with van der Waals surface area (Å²) in [5.74, 6) is 1.07. The van der Waals surface area contributed by atoms with Gasteiger partial charge in [0.25, 0.3) is 5.91 Å². The van der Waals surface area contributed by atoms with E-state index in [0.29, 0.717) is 81.0 Å². The summed E-state index contributed by atoms with van der Waals surface area (Å²) in [5.41, 5.74) is 6.19. The number of hydrogen-bond acceptors (Lipinski definition) is 6. The summed E-state index contributed by atoms with van der Waals surface area (Å²) in [6.45, 7) is 3.81.